The van der Waals surface area contributed by atoms with Crippen LogP contribution in [0.25, 0.3) is 0 Å². The standard InChI is InChI=1S/C17H19N3O/c18-10-3-4-11-21-16-8-5-7-15(12-16)20-13-14-6-1-2-9-17(14)19/h1-2,5-9,12,20H,3-4,11,13,19H2. The molecule has 0 amide bonds. The maximum atomic E-state index is 8.48. The summed E-state index contributed by atoms with van der Waals surface area (Å²) in [6.45, 7) is 1.23. The van der Waals surface area contributed by atoms with Gasteiger partial charge in [0.2, 0.25) is 0 Å². The molecule has 0 spiro atoms. The molecule has 0 aliphatic rings. The van der Waals surface area contributed by atoms with Crippen LogP contribution in [0.3, 0.4) is 0 Å². The van der Waals surface area contributed by atoms with Gasteiger partial charge in [0, 0.05) is 30.4 Å². The second-order valence-corrected chi connectivity index (χ2v) is 4.69. The quantitative estimate of drug-likeness (QED) is 0.601. The lowest BCUT2D eigenvalue weighted by Crippen LogP contribution is -2.03. The van der Waals surface area contributed by atoms with E-state index >= 15 is 0 Å². The highest BCUT2D eigenvalue weighted by Gasteiger charge is 2.00. The average molecular weight is 281 g/mol. The fourth-order valence-electron chi connectivity index (χ4n) is 1.93. The van der Waals surface area contributed by atoms with Gasteiger partial charge in [-0.15, -0.1) is 0 Å². The Morgan fingerprint density at radius 2 is 2.00 bits per heavy atom. The topological polar surface area (TPSA) is 71.1 Å². The maximum absolute atomic E-state index is 8.48. The number of hydrogen-bond donors (Lipinski definition) is 2. The molecule has 21 heavy (non-hydrogen) atoms. The Labute approximate surface area is 125 Å². The van der Waals surface area contributed by atoms with Crippen molar-refractivity contribution in [2.45, 2.75) is 19.4 Å². The molecule has 0 unspecified atom stereocenters. The van der Waals surface area contributed by atoms with E-state index in [1.807, 2.05) is 48.5 Å². The minimum Gasteiger partial charge on any atom is -0.493 e. The van der Waals surface area contributed by atoms with Crippen LogP contribution in [0, 0.1) is 11.3 Å². The molecule has 4 heteroatoms. The number of nitrogens with two attached hydrogens (primary N) is 1. The fraction of sp³-hybridized carbons (Fsp3) is 0.235. The van der Waals surface area contributed by atoms with Gasteiger partial charge in [-0.05, 0) is 30.2 Å². The van der Waals surface area contributed by atoms with Crippen molar-refractivity contribution in [2.24, 2.45) is 0 Å². The summed E-state index contributed by atoms with van der Waals surface area (Å²) >= 11 is 0. The minimum atomic E-state index is 0.519. The highest BCUT2D eigenvalue weighted by molar-refractivity contribution is 5.52. The first-order valence-corrected chi connectivity index (χ1v) is 6.96. The molecule has 0 radical (unpaired) electrons. The number of rotatable bonds is 7. The lowest BCUT2D eigenvalue weighted by Gasteiger charge is -2.10. The Hall–Kier alpha value is -2.67. The van der Waals surface area contributed by atoms with E-state index in [1.54, 1.807) is 0 Å². The van der Waals surface area contributed by atoms with Gasteiger partial charge in [0.25, 0.3) is 0 Å². The van der Waals surface area contributed by atoms with Gasteiger partial charge in [-0.1, -0.05) is 24.3 Å². The normalized spacial score (nSPS) is 9.86. The van der Waals surface area contributed by atoms with Crippen LogP contribution in [-0.4, -0.2) is 6.61 Å². The van der Waals surface area contributed by atoms with Gasteiger partial charge in [0.15, 0.2) is 0 Å². The zero-order valence-corrected chi connectivity index (χ0v) is 11.9. The number of nitrogens with one attached hydrogen (secondary N) is 1. The molecule has 0 saturated carbocycles. The summed E-state index contributed by atoms with van der Waals surface area (Å²) in [5.74, 6) is 0.805. The van der Waals surface area contributed by atoms with E-state index in [1.165, 1.54) is 0 Å². The second-order valence-electron chi connectivity index (χ2n) is 4.69. The average Bonchev–Trinajstić information content (AvgIpc) is 2.51. The number of para-hydroxylation sites is 1. The van der Waals surface area contributed by atoms with Crippen molar-refractivity contribution in [1.82, 2.24) is 0 Å². The smallest absolute Gasteiger partial charge is 0.121 e. The van der Waals surface area contributed by atoms with Gasteiger partial charge in [-0.3, -0.25) is 0 Å². The number of anilines is 2. The third-order valence-electron chi connectivity index (χ3n) is 3.07. The fourth-order valence-corrected chi connectivity index (χ4v) is 1.93. The molecule has 0 aliphatic heterocycles. The van der Waals surface area contributed by atoms with Gasteiger partial charge >= 0.3 is 0 Å². The molecule has 0 heterocycles. The molecule has 0 aliphatic carbocycles. The van der Waals surface area contributed by atoms with Crippen LogP contribution in [0.1, 0.15) is 18.4 Å². The van der Waals surface area contributed by atoms with E-state index in [-0.39, 0.29) is 0 Å². The monoisotopic (exact) mass is 281 g/mol. The lowest BCUT2D eigenvalue weighted by molar-refractivity contribution is 0.313. The van der Waals surface area contributed by atoms with Crippen LogP contribution in [0.4, 0.5) is 11.4 Å². The third-order valence-corrected chi connectivity index (χ3v) is 3.07. The van der Waals surface area contributed by atoms with Gasteiger partial charge in [-0.2, -0.15) is 5.26 Å². The molecular weight excluding hydrogens is 262 g/mol. The van der Waals surface area contributed by atoms with Crippen LogP contribution in [0.5, 0.6) is 5.75 Å². The summed E-state index contributed by atoms with van der Waals surface area (Å²) in [5, 5.41) is 11.8. The summed E-state index contributed by atoms with van der Waals surface area (Å²) in [7, 11) is 0. The molecule has 0 bridgehead atoms. The maximum Gasteiger partial charge on any atom is 0.121 e. The van der Waals surface area contributed by atoms with Gasteiger partial charge < -0.3 is 15.8 Å². The third kappa shape index (κ3) is 4.73. The van der Waals surface area contributed by atoms with Crippen molar-refractivity contribution in [2.75, 3.05) is 17.7 Å². The Kier molecular flexibility index (Phi) is 5.48. The van der Waals surface area contributed by atoms with Crippen molar-refractivity contribution < 1.29 is 4.74 Å². The molecule has 0 saturated heterocycles. The first-order chi connectivity index (χ1) is 10.3. The first-order valence-electron chi connectivity index (χ1n) is 6.96. The van der Waals surface area contributed by atoms with Crippen LogP contribution in [0.2, 0.25) is 0 Å². The molecule has 0 atom stereocenters. The zero-order chi connectivity index (χ0) is 14.9. The second kappa shape index (κ2) is 7.81. The number of ether oxygens (including phenoxy) is 1. The number of benzene rings is 2. The first kappa shape index (κ1) is 14.7. The Morgan fingerprint density at radius 1 is 1.14 bits per heavy atom. The number of nitriles is 1. The van der Waals surface area contributed by atoms with Crippen LogP contribution in [0.15, 0.2) is 48.5 Å². The molecule has 2 aromatic rings. The van der Waals surface area contributed by atoms with Gasteiger partial charge in [0.05, 0.1) is 12.7 Å². The predicted octanol–water partition coefficient (Wildman–Crippen LogP) is 3.56. The molecule has 0 aromatic heterocycles. The molecule has 2 aromatic carbocycles. The summed E-state index contributed by atoms with van der Waals surface area (Å²) in [5.41, 5.74) is 8.75. The molecule has 0 fully saturated rings. The zero-order valence-electron chi connectivity index (χ0n) is 11.9. The van der Waals surface area contributed by atoms with E-state index in [2.05, 4.69) is 11.4 Å². The summed E-state index contributed by atoms with van der Waals surface area (Å²) in [4.78, 5) is 0. The van der Waals surface area contributed by atoms with E-state index in [0.29, 0.717) is 19.6 Å². The van der Waals surface area contributed by atoms with Gasteiger partial charge in [-0.25, -0.2) is 0 Å². The molecule has 2 rings (SSSR count). The van der Waals surface area contributed by atoms with Crippen molar-refractivity contribution in [1.29, 1.82) is 5.26 Å². The van der Waals surface area contributed by atoms with Crippen molar-refractivity contribution in [3.05, 3.63) is 54.1 Å². The molecular formula is C17H19N3O. The Balaban J connectivity index is 1.89. The summed E-state index contributed by atoms with van der Waals surface area (Å²) < 4.78 is 5.61. The van der Waals surface area contributed by atoms with Crippen molar-refractivity contribution >= 4 is 11.4 Å². The lowest BCUT2D eigenvalue weighted by atomic mass is 10.2. The highest BCUT2D eigenvalue weighted by Crippen LogP contribution is 2.19. The minimum absolute atomic E-state index is 0.519. The predicted molar refractivity (Wildman–Crippen MR) is 85.0 cm³/mol. The molecule has 108 valence electrons. The van der Waals surface area contributed by atoms with Crippen LogP contribution >= 0.6 is 0 Å². The number of nitrogens with zero attached hydrogens (tertiary/aromatic N) is 1. The Bertz CT molecular complexity index is 619. The van der Waals surface area contributed by atoms with Crippen LogP contribution in [-0.2, 0) is 6.54 Å². The van der Waals surface area contributed by atoms with E-state index < -0.39 is 0 Å². The summed E-state index contributed by atoms with van der Waals surface area (Å²) in [6, 6.07) is 17.7. The molecule has 3 N–H and O–H groups in total. The largest absolute Gasteiger partial charge is 0.493 e. The SMILES string of the molecule is N#CCCCOc1cccc(NCc2ccccc2N)c1. The van der Waals surface area contributed by atoms with E-state index in [9.17, 15) is 0 Å². The number of nitrogen functional groups attached to an aromatic ring is 1. The van der Waals surface area contributed by atoms with Crippen LogP contribution < -0.4 is 15.8 Å². The van der Waals surface area contributed by atoms with E-state index in [0.717, 1.165) is 29.1 Å². The van der Waals surface area contributed by atoms with Gasteiger partial charge in [0.1, 0.15) is 5.75 Å². The Morgan fingerprint density at radius 3 is 2.81 bits per heavy atom. The number of unbranched alkanes of at least 4 members (excludes halogenated alkanes) is 1. The molecule has 4 nitrogen and oxygen atoms in total. The van der Waals surface area contributed by atoms with Crippen molar-refractivity contribution in [3.63, 3.8) is 0 Å². The summed E-state index contributed by atoms with van der Waals surface area (Å²) in [6.07, 6.45) is 1.26. The highest BCUT2D eigenvalue weighted by atomic mass is 16.5. The van der Waals surface area contributed by atoms with E-state index in [4.69, 9.17) is 15.7 Å². The number of hydrogen-bond acceptors (Lipinski definition) is 4. The van der Waals surface area contributed by atoms with Crippen molar-refractivity contribution in [3.8, 4) is 11.8 Å².